The first kappa shape index (κ1) is 22.7. The highest BCUT2D eigenvalue weighted by Gasteiger charge is 2.55. The highest BCUT2D eigenvalue weighted by atomic mass is 16.6. The highest BCUT2D eigenvalue weighted by molar-refractivity contribution is 5.92. The van der Waals surface area contributed by atoms with E-state index in [4.69, 9.17) is 14.6 Å². The van der Waals surface area contributed by atoms with Crippen molar-refractivity contribution in [3.05, 3.63) is 59.4 Å². The van der Waals surface area contributed by atoms with Gasteiger partial charge < -0.3 is 19.4 Å². The van der Waals surface area contributed by atoms with Crippen LogP contribution in [-0.2, 0) is 30.5 Å². The van der Waals surface area contributed by atoms with Gasteiger partial charge in [0.2, 0.25) is 5.91 Å². The second-order valence-corrected chi connectivity index (χ2v) is 7.64. The molecule has 0 radical (unpaired) electrons. The maximum Gasteiger partial charge on any atom is 0.337 e. The van der Waals surface area contributed by atoms with E-state index < -0.39 is 18.2 Å². The predicted octanol–water partition coefficient (Wildman–Crippen LogP) is 3.03. The molecule has 0 aromatic heterocycles. The third kappa shape index (κ3) is 5.82. The number of hydrogen-bond acceptors (Lipinski definition) is 6. The van der Waals surface area contributed by atoms with Crippen molar-refractivity contribution in [3.63, 3.8) is 0 Å². The van der Waals surface area contributed by atoms with Crippen molar-refractivity contribution in [2.24, 2.45) is 0 Å². The molecule has 1 aromatic rings. The van der Waals surface area contributed by atoms with Crippen LogP contribution in [0.1, 0.15) is 50.5 Å². The Bertz CT molecular complexity index is 832. The zero-order valence-electron chi connectivity index (χ0n) is 17.6. The number of β-lactam (4-membered cyclic amide) rings is 1. The molecule has 1 amide bonds. The van der Waals surface area contributed by atoms with Crippen LogP contribution in [0.25, 0.3) is 0 Å². The van der Waals surface area contributed by atoms with E-state index in [1.165, 1.54) is 4.90 Å². The summed E-state index contributed by atoms with van der Waals surface area (Å²) in [5.74, 6) is -0.225. The quantitative estimate of drug-likeness (QED) is 0.181. The van der Waals surface area contributed by atoms with E-state index in [1.807, 2.05) is 42.5 Å². The van der Waals surface area contributed by atoms with E-state index in [1.54, 1.807) is 0 Å². The van der Waals surface area contributed by atoms with E-state index in [9.17, 15) is 14.4 Å². The van der Waals surface area contributed by atoms with Crippen molar-refractivity contribution < 1.29 is 29.0 Å². The SMILES string of the molecule is O=CCCC(CC=CCCCCO)=C1OC2CC(=O)N2C1C(=O)OCc1ccccc1. The van der Waals surface area contributed by atoms with Gasteiger partial charge in [0.15, 0.2) is 12.3 Å². The molecular weight excluding hydrogens is 398 g/mol. The summed E-state index contributed by atoms with van der Waals surface area (Å²) in [6.45, 7) is 0.291. The lowest BCUT2D eigenvalue weighted by atomic mass is 10.00. The highest BCUT2D eigenvalue weighted by Crippen LogP contribution is 2.39. The van der Waals surface area contributed by atoms with Gasteiger partial charge in [-0.1, -0.05) is 42.5 Å². The number of benzene rings is 1. The number of unbranched alkanes of at least 4 members (excludes halogenated alkanes) is 2. The molecular formula is C24H29NO6. The minimum atomic E-state index is -0.903. The summed E-state index contributed by atoms with van der Waals surface area (Å²) in [7, 11) is 0. The molecule has 2 heterocycles. The molecule has 2 saturated heterocycles. The van der Waals surface area contributed by atoms with E-state index >= 15 is 0 Å². The topological polar surface area (TPSA) is 93.1 Å². The fraction of sp³-hybridized carbons (Fsp3) is 0.458. The fourth-order valence-electron chi connectivity index (χ4n) is 3.73. The van der Waals surface area contributed by atoms with Gasteiger partial charge >= 0.3 is 5.97 Å². The summed E-state index contributed by atoms with van der Waals surface area (Å²) in [5, 5.41) is 8.87. The van der Waals surface area contributed by atoms with Gasteiger partial charge in [-0.2, -0.15) is 0 Å². The maximum atomic E-state index is 12.9. The second-order valence-electron chi connectivity index (χ2n) is 7.64. The zero-order chi connectivity index (χ0) is 22.1. The number of esters is 1. The summed E-state index contributed by atoms with van der Waals surface area (Å²) >= 11 is 0. The molecule has 2 fully saturated rings. The number of nitrogens with zero attached hydrogens (tertiary/aromatic N) is 1. The average Bonchev–Trinajstić information content (AvgIpc) is 3.10. The number of carbonyl (C=O) groups excluding carboxylic acids is 3. The smallest absolute Gasteiger partial charge is 0.337 e. The minimum Gasteiger partial charge on any atom is -0.471 e. The summed E-state index contributed by atoms with van der Waals surface area (Å²) in [6, 6.07) is 8.45. The Hall–Kier alpha value is -2.93. The first-order valence-corrected chi connectivity index (χ1v) is 10.8. The molecule has 1 N–H and O–H groups in total. The average molecular weight is 427 g/mol. The van der Waals surface area contributed by atoms with Crippen LogP contribution in [0, 0.1) is 0 Å². The Morgan fingerprint density at radius 1 is 1.19 bits per heavy atom. The lowest BCUT2D eigenvalue weighted by Gasteiger charge is -2.33. The molecule has 2 unspecified atom stereocenters. The summed E-state index contributed by atoms with van der Waals surface area (Å²) in [5.41, 5.74) is 1.69. The number of rotatable bonds is 12. The maximum absolute atomic E-state index is 12.9. The van der Waals surface area contributed by atoms with E-state index in [2.05, 4.69) is 0 Å². The van der Waals surface area contributed by atoms with Gasteiger partial charge in [0.1, 0.15) is 18.7 Å². The Labute approximate surface area is 182 Å². The number of ether oxygens (including phenoxy) is 2. The largest absolute Gasteiger partial charge is 0.471 e. The molecule has 2 aliphatic heterocycles. The molecule has 0 saturated carbocycles. The van der Waals surface area contributed by atoms with E-state index in [0.29, 0.717) is 25.0 Å². The van der Waals surface area contributed by atoms with Crippen LogP contribution in [0.5, 0.6) is 0 Å². The first-order chi connectivity index (χ1) is 15.2. The Balaban J connectivity index is 1.75. The number of carbonyl (C=O) groups is 3. The van der Waals surface area contributed by atoms with Gasteiger partial charge in [-0.3, -0.25) is 9.69 Å². The van der Waals surface area contributed by atoms with Crippen molar-refractivity contribution >= 4 is 18.2 Å². The molecule has 31 heavy (non-hydrogen) atoms. The Morgan fingerprint density at radius 2 is 2.00 bits per heavy atom. The van der Waals surface area contributed by atoms with E-state index in [-0.39, 0.29) is 25.5 Å². The normalized spacial score (nSPS) is 21.5. The third-order valence-electron chi connectivity index (χ3n) is 5.41. The molecule has 1 aromatic carbocycles. The number of aliphatic hydroxyl groups is 1. The Kier molecular flexibility index (Phi) is 8.41. The standard InChI is InChI=1S/C24H29NO6/c26-14-8-3-1-2-7-12-19(13-9-15-27)23-22(25-20(28)16-21(25)31-23)24(29)30-17-18-10-5-4-6-11-18/h2,4-7,10-11,15,21-22,26H,1,3,8-9,12-14,16-17H2. The van der Waals surface area contributed by atoms with Crippen LogP contribution in [0.2, 0.25) is 0 Å². The van der Waals surface area contributed by atoms with Gasteiger partial charge in [-0.05, 0) is 43.2 Å². The van der Waals surface area contributed by atoms with Crippen molar-refractivity contribution in [1.29, 1.82) is 0 Å². The van der Waals surface area contributed by atoms with Gasteiger partial charge in [-0.25, -0.2) is 4.79 Å². The molecule has 166 valence electrons. The third-order valence-corrected chi connectivity index (χ3v) is 5.41. The molecule has 2 aliphatic rings. The summed E-state index contributed by atoms with van der Waals surface area (Å²) in [6.07, 6.45) is 8.41. The second kappa shape index (κ2) is 11.5. The van der Waals surface area contributed by atoms with E-state index in [0.717, 1.165) is 36.7 Å². The van der Waals surface area contributed by atoms with Crippen molar-refractivity contribution in [1.82, 2.24) is 4.90 Å². The number of hydrogen-bond donors (Lipinski definition) is 1. The molecule has 7 nitrogen and oxygen atoms in total. The number of aldehydes is 1. The lowest BCUT2D eigenvalue weighted by molar-refractivity contribution is -0.166. The first-order valence-electron chi connectivity index (χ1n) is 10.8. The van der Waals surface area contributed by atoms with Crippen molar-refractivity contribution in [2.75, 3.05) is 6.61 Å². The number of allylic oxidation sites excluding steroid dienone is 3. The molecule has 7 heteroatoms. The fourth-order valence-corrected chi connectivity index (χ4v) is 3.73. The number of amides is 1. The Morgan fingerprint density at radius 3 is 2.71 bits per heavy atom. The number of aliphatic hydroxyl groups excluding tert-OH is 1. The van der Waals surface area contributed by atoms with Crippen molar-refractivity contribution in [2.45, 2.75) is 63.8 Å². The molecule has 0 aliphatic carbocycles. The minimum absolute atomic E-state index is 0.116. The van der Waals surface area contributed by atoms with Crippen molar-refractivity contribution in [3.8, 4) is 0 Å². The van der Waals surface area contributed by atoms with Crippen LogP contribution in [0.4, 0.5) is 0 Å². The van der Waals surface area contributed by atoms with Crippen LogP contribution in [0.15, 0.2) is 53.8 Å². The summed E-state index contributed by atoms with van der Waals surface area (Å²) in [4.78, 5) is 37.5. The molecule has 3 rings (SSSR count). The summed E-state index contributed by atoms with van der Waals surface area (Å²) < 4.78 is 11.5. The predicted molar refractivity (Wildman–Crippen MR) is 113 cm³/mol. The van der Waals surface area contributed by atoms with Crippen LogP contribution in [-0.4, -0.2) is 47.0 Å². The van der Waals surface area contributed by atoms with Gasteiger partial charge in [0, 0.05) is 13.0 Å². The molecule has 0 bridgehead atoms. The number of fused-ring (bicyclic) bond motifs is 1. The van der Waals surface area contributed by atoms with Gasteiger partial charge in [0.05, 0.1) is 6.42 Å². The molecule has 0 spiro atoms. The zero-order valence-corrected chi connectivity index (χ0v) is 17.6. The molecule has 2 atom stereocenters. The van der Waals surface area contributed by atoms with Gasteiger partial charge in [0.25, 0.3) is 0 Å². The van der Waals surface area contributed by atoms with Crippen LogP contribution in [0.3, 0.4) is 0 Å². The monoisotopic (exact) mass is 427 g/mol. The van der Waals surface area contributed by atoms with Crippen LogP contribution < -0.4 is 0 Å². The lowest BCUT2D eigenvalue weighted by Crippen LogP contribution is -2.55. The van der Waals surface area contributed by atoms with Crippen LogP contribution >= 0.6 is 0 Å². The van der Waals surface area contributed by atoms with Gasteiger partial charge in [-0.15, -0.1) is 0 Å².